The average Bonchev–Trinajstić information content (AvgIpc) is 1.63. The first-order chi connectivity index (χ1) is 4.16. The highest BCUT2D eigenvalue weighted by Crippen LogP contribution is 1.79. The lowest BCUT2D eigenvalue weighted by atomic mass is 11.1. The van der Waals surface area contributed by atoms with Gasteiger partial charge in [0.2, 0.25) is 0 Å². The molecule has 7 heteroatoms. The van der Waals surface area contributed by atoms with Crippen molar-refractivity contribution < 1.29 is 5.03 Å². The average molecular weight is 150 g/mol. The highest BCUT2D eigenvalue weighted by atomic mass is 32.2. The number of nitrogens with one attached hydrogen (secondary N) is 1. The monoisotopic (exact) mass is 150 g/mol. The number of rotatable bonds is 2. The van der Waals surface area contributed by atoms with Crippen molar-refractivity contribution in [2.75, 3.05) is 6.26 Å². The van der Waals surface area contributed by atoms with E-state index in [1.165, 1.54) is 0 Å². The quantitative estimate of drug-likeness (QED) is 0.179. The summed E-state index contributed by atoms with van der Waals surface area (Å²) in [5, 5.41) is 11.5. The molecule has 0 aliphatic carbocycles. The molecule has 0 aromatic rings. The number of hydrazone groups is 1. The van der Waals surface area contributed by atoms with E-state index < -0.39 is 5.03 Å². The van der Waals surface area contributed by atoms with Crippen LogP contribution in [0.15, 0.2) is 5.10 Å². The zero-order chi connectivity index (χ0) is 7.28. The molecule has 0 aliphatic rings. The maximum absolute atomic E-state index is 9.57. The van der Waals surface area contributed by atoms with E-state index in [1.807, 2.05) is 0 Å². The minimum atomic E-state index is -0.863. The van der Waals surface area contributed by atoms with Gasteiger partial charge in [0.15, 0.2) is 5.03 Å². The topological polar surface area (TPSA) is 93.5 Å². The highest BCUT2D eigenvalue weighted by molar-refractivity contribution is 7.97. The Morgan fingerprint density at radius 3 is 2.89 bits per heavy atom. The summed E-state index contributed by atoms with van der Waals surface area (Å²) in [4.78, 5) is 9.57. The standard InChI is InChI=1S/C2H6N4O2S/c1-9-5-2(3)4-6(7)8/h1H3,(H3,3,4,5). The van der Waals surface area contributed by atoms with Gasteiger partial charge in [0.1, 0.15) is 5.10 Å². The van der Waals surface area contributed by atoms with Crippen molar-refractivity contribution in [3.05, 3.63) is 10.1 Å². The molecule has 0 aromatic carbocycles. The van der Waals surface area contributed by atoms with Gasteiger partial charge in [0.05, 0.1) is 0 Å². The second kappa shape index (κ2) is 3.96. The molecule has 0 aliphatic heterocycles. The van der Waals surface area contributed by atoms with Gasteiger partial charge in [0, 0.05) is 6.26 Å². The first-order valence-electron chi connectivity index (χ1n) is 1.94. The van der Waals surface area contributed by atoms with Gasteiger partial charge in [-0.25, -0.2) is 10.1 Å². The summed E-state index contributed by atoms with van der Waals surface area (Å²) in [6.07, 6.45) is 1.68. The predicted octanol–water partition coefficient (Wildman–Crippen LogP) is -0.640. The van der Waals surface area contributed by atoms with Gasteiger partial charge in [-0.1, -0.05) is 11.9 Å². The van der Waals surface area contributed by atoms with Crippen LogP contribution in [-0.2, 0) is 0 Å². The maximum atomic E-state index is 9.57. The molecule has 3 N–H and O–H groups in total. The lowest BCUT2D eigenvalue weighted by Crippen LogP contribution is -2.26. The third-order valence-electron chi connectivity index (χ3n) is 0.396. The Hall–Kier alpha value is -0.980. The van der Waals surface area contributed by atoms with Gasteiger partial charge in [-0.2, -0.15) is 0 Å². The van der Waals surface area contributed by atoms with Gasteiger partial charge in [-0.3, -0.25) is 4.72 Å². The predicted molar refractivity (Wildman–Crippen MR) is 35.3 cm³/mol. The van der Waals surface area contributed by atoms with Crippen LogP contribution in [0.25, 0.3) is 0 Å². The Morgan fingerprint density at radius 2 is 2.56 bits per heavy atom. The van der Waals surface area contributed by atoms with Crippen LogP contribution in [0.1, 0.15) is 0 Å². The van der Waals surface area contributed by atoms with Crippen molar-refractivity contribution in [1.29, 1.82) is 0 Å². The number of nitrogens with zero attached hydrogens (tertiary/aromatic N) is 2. The Kier molecular flexibility index (Phi) is 3.52. The van der Waals surface area contributed by atoms with Crippen LogP contribution in [0.5, 0.6) is 0 Å². The first kappa shape index (κ1) is 8.02. The number of guanidine groups is 1. The van der Waals surface area contributed by atoms with Gasteiger partial charge in [-0.15, -0.1) is 0 Å². The van der Waals surface area contributed by atoms with Crippen LogP contribution in [0.2, 0.25) is 0 Å². The van der Waals surface area contributed by atoms with E-state index in [2.05, 4.69) is 9.82 Å². The summed E-state index contributed by atoms with van der Waals surface area (Å²) in [7, 11) is 0. The number of nitrogens with two attached hydrogens (primary N) is 1. The van der Waals surface area contributed by atoms with Crippen molar-refractivity contribution in [2.24, 2.45) is 10.8 Å². The van der Waals surface area contributed by atoms with E-state index >= 15 is 0 Å². The number of nitro groups is 1. The fourth-order valence-electron chi connectivity index (χ4n) is 0.213. The van der Waals surface area contributed by atoms with E-state index in [9.17, 15) is 10.1 Å². The minimum Gasteiger partial charge on any atom is -0.364 e. The molecule has 0 heterocycles. The normalized spacial score (nSPS) is 11.0. The molecular weight excluding hydrogens is 144 g/mol. The maximum Gasteiger partial charge on any atom is 0.276 e. The molecule has 0 atom stereocenters. The number of hydrogen-bond acceptors (Lipinski definition) is 3. The van der Waals surface area contributed by atoms with Gasteiger partial charge in [0.25, 0.3) is 5.96 Å². The smallest absolute Gasteiger partial charge is 0.276 e. The largest absolute Gasteiger partial charge is 0.364 e. The summed E-state index contributed by atoms with van der Waals surface area (Å²) < 4.78 is 2.38. The van der Waals surface area contributed by atoms with Crippen molar-refractivity contribution in [1.82, 2.24) is 4.72 Å². The van der Waals surface area contributed by atoms with Crippen LogP contribution >= 0.6 is 11.9 Å². The summed E-state index contributed by atoms with van der Waals surface area (Å²) in [6, 6.07) is 0. The van der Waals surface area contributed by atoms with Crippen LogP contribution < -0.4 is 10.5 Å². The van der Waals surface area contributed by atoms with E-state index in [4.69, 9.17) is 5.73 Å². The molecular formula is C2H6N4O2S. The zero-order valence-corrected chi connectivity index (χ0v) is 5.51. The van der Waals surface area contributed by atoms with E-state index in [-0.39, 0.29) is 5.96 Å². The fraction of sp³-hybridized carbons (Fsp3) is 0.500. The van der Waals surface area contributed by atoms with Crippen molar-refractivity contribution >= 4 is 17.9 Å². The van der Waals surface area contributed by atoms with Crippen LogP contribution in [0.3, 0.4) is 0 Å². The highest BCUT2D eigenvalue weighted by Gasteiger charge is 1.94. The van der Waals surface area contributed by atoms with Gasteiger partial charge >= 0.3 is 0 Å². The second-order valence-electron chi connectivity index (χ2n) is 1.03. The SMILES string of the molecule is CSN/C(N)=N/[N+](=O)[O-]. The van der Waals surface area contributed by atoms with E-state index in [0.29, 0.717) is 0 Å². The van der Waals surface area contributed by atoms with Crippen LogP contribution in [0.4, 0.5) is 0 Å². The van der Waals surface area contributed by atoms with Crippen LogP contribution in [0, 0.1) is 10.1 Å². The van der Waals surface area contributed by atoms with Crippen molar-refractivity contribution in [3.8, 4) is 0 Å². The molecule has 0 radical (unpaired) electrons. The Labute approximate surface area is 55.8 Å². The molecule has 0 saturated carbocycles. The fourth-order valence-corrected chi connectivity index (χ4v) is 0.463. The Balaban J connectivity index is 3.69. The Bertz CT molecular complexity index is 135. The number of hydrogen-bond donors (Lipinski definition) is 2. The molecule has 0 bridgehead atoms. The zero-order valence-electron chi connectivity index (χ0n) is 4.70. The Morgan fingerprint density at radius 1 is 2.00 bits per heavy atom. The molecule has 52 valence electrons. The molecule has 0 aromatic heterocycles. The van der Waals surface area contributed by atoms with Crippen molar-refractivity contribution in [3.63, 3.8) is 0 Å². The molecule has 0 saturated heterocycles. The molecule has 9 heavy (non-hydrogen) atoms. The second-order valence-corrected chi connectivity index (χ2v) is 1.64. The van der Waals surface area contributed by atoms with E-state index in [1.54, 1.807) is 6.26 Å². The molecule has 0 rings (SSSR count). The molecule has 0 unspecified atom stereocenters. The third kappa shape index (κ3) is 4.88. The minimum absolute atomic E-state index is 0.201. The lowest BCUT2D eigenvalue weighted by Gasteiger charge is -1.92. The van der Waals surface area contributed by atoms with Gasteiger partial charge < -0.3 is 5.73 Å². The van der Waals surface area contributed by atoms with Crippen molar-refractivity contribution in [2.45, 2.75) is 0 Å². The summed E-state index contributed by atoms with van der Waals surface area (Å²) in [5.74, 6) is -0.201. The van der Waals surface area contributed by atoms with E-state index in [0.717, 1.165) is 11.9 Å². The first-order valence-corrected chi connectivity index (χ1v) is 3.16. The molecule has 0 amide bonds. The summed E-state index contributed by atoms with van der Waals surface area (Å²) in [6.45, 7) is 0. The summed E-state index contributed by atoms with van der Waals surface area (Å²) in [5.41, 5.74) is 4.96. The van der Waals surface area contributed by atoms with Gasteiger partial charge in [-0.05, 0) is 0 Å². The third-order valence-corrected chi connectivity index (χ3v) is 0.809. The summed E-state index contributed by atoms with van der Waals surface area (Å²) >= 11 is 1.14. The molecule has 0 spiro atoms. The lowest BCUT2D eigenvalue weighted by molar-refractivity contribution is -0.485. The molecule has 6 nitrogen and oxygen atoms in total. The molecule has 0 fully saturated rings. The van der Waals surface area contributed by atoms with Crippen LogP contribution in [-0.4, -0.2) is 17.2 Å².